The highest BCUT2D eigenvalue weighted by molar-refractivity contribution is 9.10. The highest BCUT2D eigenvalue weighted by Gasteiger charge is 2.17. The maximum Gasteiger partial charge on any atom is 0.301 e. The molecule has 0 radical (unpaired) electrons. The third kappa shape index (κ3) is 5.40. The van der Waals surface area contributed by atoms with Crippen LogP contribution in [0.4, 0.5) is 5.69 Å². The second kappa shape index (κ2) is 7.97. The van der Waals surface area contributed by atoms with E-state index < -0.39 is 10.2 Å². The third-order valence-electron chi connectivity index (χ3n) is 2.93. The molecule has 1 rings (SSSR count). The zero-order valence-corrected chi connectivity index (χ0v) is 14.5. The summed E-state index contributed by atoms with van der Waals surface area (Å²) in [5, 5.41) is 3.17. The molecule has 0 aliphatic carbocycles. The Kier molecular flexibility index (Phi) is 6.94. The van der Waals surface area contributed by atoms with Crippen LogP contribution in [0.3, 0.4) is 0 Å². The fraction of sp³-hybridized carbons (Fsp3) is 0.538. The number of rotatable bonds is 8. The van der Waals surface area contributed by atoms with Crippen molar-refractivity contribution in [1.82, 2.24) is 9.62 Å². The first-order chi connectivity index (χ1) is 9.36. The van der Waals surface area contributed by atoms with Gasteiger partial charge in [0.1, 0.15) is 0 Å². The number of nitrogens with one attached hydrogen (secondary N) is 2. The molecule has 2 N–H and O–H groups in total. The second-order valence-corrected chi connectivity index (χ2v) is 7.29. The molecule has 7 heteroatoms. The normalized spacial score (nSPS) is 11.8. The van der Waals surface area contributed by atoms with Crippen LogP contribution in [0.25, 0.3) is 0 Å². The Balaban J connectivity index is 2.66. The number of anilines is 1. The topological polar surface area (TPSA) is 61.4 Å². The molecule has 0 aliphatic rings. The lowest BCUT2D eigenvalue weighted by molar-refractivity contribution is 0.459. The van der Waals surface area contributed by atoms with Crippen molar-refractivity contribution in [3.8, 4) is 0 Å². The van der Waals surface area contributed by atoms with Gasteiger partial charge in [-0.15, -0.1) is 0 Å². The Morgan fingerprint density at radius 1 is 1.35 bits per heavy atom. The molecular formula is C13H22BrN3O2S. The zero-order valence-electron chi connectivity index (χ0n) is 12.1. The Morgan fingerprint density at radius 3 is 2.70 bits per heavy atom. The minimum absolute atomic E-state index is 0.482. The highest BCUT2D eigenvalue weighted by atomic mass is 79.9. The summed E-state index contributed by atoms with van der Waals surface area (Å²) in [5.41, 5.74) is 1.48. The number of aryl methyl sites for hydroxylation is 1. The Labute approximate surface area is 130 Å². The van der Waals surface area contributed by atoms with Crippen molar-refractivity contribution in [3.63, 3.8) is 0 Å². The lowest BCUT2D eigenvalue weighted by Gasteiger charge is -2.19. The maximum absolute atomic E-state index is 12.2. The molecule has 0 saturated carbocycles. The molecule has 20 heavy (non-hydrogen) atoms. The zero-order chi connectivity index (χ0) is 15.2. The molecule has 0 heterocycles. The molecule has 0 unspecified atom stereocenters. The van der Waals surface area contributed by atoms with Gasteiger partial charge in [-0.05, 0) is 44.1 Å². The van der Waals surface area contributed by atoms with Gasteiger partial charge >= 0.3 is 10.2 Å². The van der Waals surface area contributed by atoms with Gasteiger partial charge in [0, 0.05) is 18.1 Å². The predicted molar refractivity (Wildman–Crippen MR) is 87.2 cm³/mol. The molecule has 1 aromatic carbocycles. The van der Waals surface area contributed by atoms with Crippen LogP contribution in [-0.4, -0.2) is 39.4 Å². The summed E-state index contributed by atoms with van der Waals surface area (Å²) >= 11 is 3.34. The minimum atomic E-state index is -3.51. The molecule has 0 aliphatic heterocycles. The summed E-state index contributed by atoms with van der Waals surface area (Å²) in [6.45, 7) is 6.08. The van der Waals surface area contributed by atoms with Crippen LogP contribution in [0.15, 0.2) is 22.7 Å². The fourth-order valence-corrected chi connectivity index (χ4v) is 3.03. The summed E-state index contributed by atoms with van der Waals surface area (Å²) < 4.78 is 29.2. The van der Waals surface area contributed by atoms with Gasteiger partial charge in [-0.2, -0.15) is 12.7 Å². The van der Waals surface area contributed by atoms with Gasteiger partial charge in [0.05, 0.1) is 5.69 Å². The molecular weight excluding hydrogens is 342 g/mol. The maximum atomic E-state index is 12.2. The molecule has 0 bridgehead atoms. The van der Waals surface area contributed by atoms with E-state index in [2.05, 4.69) is 26.0 Å². The first kappa shape index (κ1) is 17.4. The SMILES string of the molecule is CCNCCCN(C)S(=O)(=O)Nc1cc(Br)ccc1C. The van der Waals surface area contributed by atoms with E-state index >= 15 is 0 Å². The van der Waals surface area contributed by atoms with Gasteiger partial charge in [-0.3, -0.25) is 4.72 Å². The van der Waals surface area contributed by atoms with E-state index in [-0.39, 0.29) is 0 Å². The molecule has 1 aromatic rings. The van der Waals surface area contributed by atoms with E-state index in [0.717, 1.165) is 29.5 Å². The van der Waals surface area contributed by atoms with Gasteiger partial charge in [0.15, 0.2) is 0 Å². The van der Waals surface area contributed by atoms with Crippen molar-refractivity contribution in [2.45, 2.75) is 20.3 Å². The van der Waals surface area contributed by atoms with Crippen LogP contribution in [-0.2, 0) is 10.2 Å². The first-order valence-electron chi connectivity index (χ1n) is 6.57. The molecule has 0 saturated heterocycles. The summed E-state index contributed by atoms with van der Waals surface area (Å²) in [6, 6.07) is 5.51. The van der Waals surface area contributed by atoms with Crippen LogP contribution in [0.1, 0.15) is 18.9 Å². The molecule has 114 valence electrons. The van der Waals surface area contributed by atoms with Gasteiger partial charge in [-0.1, -0.05) is 28.9 Å². The van der Waals surface area contributed by atoms with E-state index in [0.29, 0.717) is 12.2 Å². The first-order valence-corrected chi connectivity index (χ1v) is 8.81. The molecule has 5 nitrogen and oxygen atoms in total. The van der Waals surface area contributed by atoms with Crippen molar-refractivity contribution in [3.05, 3.63) is 28.2 Å². The van der Waals surface area contributed by atoms with E-state index in [1.807, 2.05) is 26.0 Å². The molecule has 0 fully saturated rings. The van der Waals surface area contributed by atoms with E-state index in [9.17, 15) is 8.42 Å². The Bertz CT molecular complexity index is 534. The standard InChI is InChI=1S/C13H22BrN3O2S/c1-4-15-8-5-9-17(3)20(18,19)16-13-10-12(14)7-6-11(13)2/h6-7,10,15-16H,4-5,8-9H2,1-3H3. The van der Waals surface area contributed by atoms with Crippen LogP contribution >= 0.6 is 15.9 Å². The van der Waals surface area contributed by atoms with E-state index in [1.165, 1.54) is 4.31 Å². The monoisotopic (exact) mass is 363 g/mol. The fourth-order valence-electron chi connectivity index (χ4n) is 1.64. The molecule has 0 atom stereocenters. The van der Waals surface area contributed by atoms with Gasteiger partial charge < -0.3 is 5.32 Å². The summed E-state index contributed by atoms with van der Waals surface area (Å²) in [7, 11) is -1.92. The lowest BCUT2D eigenvalue weighted by Crippen LogP contribution is -2.34. The molecule has 0 aromatic heterocycles. The number of benzene rings is 1. The van der Waals surface area contributed by atoms with Gasteiger partial charge in [-0.25, -0.2) is 0 Å². The molecule has 0 spiro atoms. The van der Waals surface area contributed by atoms with E-state index in [4.69, 9.17) is 0 Å². The van der Waals surface area contributed by atoms with Crippen LogP contribution < -0.4 is 10.0 Å². The van der Waals surface area contributed by atoms with E-state index in [1.54, 1.807) is 13.1 Å². The smallest absolute Gasteiger partial charge is 0.301 e. The number of hydrogen-bond acceptors (Lipinski definition) is 3. The van der Waals surface area contributed by atoms with Crippen molar-refractivity contribution in [2.75, 3.05) is 31.4 Å². The summed E-state index contributed by atoms with van der Waals surface area (Å²) in [6.07, 6.45) is 0.780. The van der Waals surface area contributed by atoms with Crippen LogP contribution in [0.2, 0.25) is 0 Å². The lowest BCUT2D eigenvalue weighted by atomic mass is 10.2. The highest BCUT2D eigenvalue weighted by Crippen LogP contribution is 2.22. The minimum Gasteiger partial charge on any atom is -0.317 e. The summed E-state index contributed by atoms with van der Waals surface area (Å²) in [4.78, 5) is 0. The van der Waals surface area contributed by atoms with Crippen molar-refractivity contribution in [2.24, 2.45) is 0 Å². The number of halogens is 1. The van der Waals surface area contributed by atoms with Crippen LogP contribution in [0, 0.1) is 6.92 Å². The van der Waals surface area contributed by atoms with Crippen molar-refractivity contribution >= 4 is 31.8 Å². The second-order valence-electron chi connectivity index (χ2n) is 4.59. The van der Waals surface area contributed by atoms with Crippen molar-refractivity contribution < 1.29 is 8.42 Å². The largest absolute Gasteiger partial charge is 0.317 e. The average Bonchev–Trinajstić information content (AvgIpc) is 2.38. The Hall–Kier alpha value is -0.630. The quantitative estimate of drug-likeness (QED) is 0.696. The van der Waals surface area contributed by atoms with Crippen LogP contribution in [0.5, 0.6) is 0 Å². The molecule has 0 amide bonds. The third-order valence-corrected chi connectivity index (χ3v) is 4.90. The number of nitrogens with zero attached hydrogens (tertiary/aromatic N) is 1. The summed E-state index contributed by atoms with van der Waals surface area (Å²) in [5.74, 6) is 0. The van der Waals surface area contributed by atoms with Crippen molar-refractivity contribution in [1.29, 1.82) is 0 Å². The van der Waals surface area contributed by atoms with Gasteiger partial charge in [0.25, 0.3) is 0 Å². The average molecular weight is 364 g/mol. The Morgan fingerprint density at radius 2 is 2.05 bits per heavy atom. The predicted octanol–water partition coefficient (Wildman–Crippen LogP) is 2.35. The van der Waals surface area contributed by atoms with Gasteiger partial charge in [0.2, 0.25) is 0 Å². The number of hydrogen-bond donors (Lipinski definition) is 2.